The second-order valence-electron chi connectivity index (χ2n) is 7.87. The Balaban J connectivity index is 0.00000380. The molecule has 1 atom stereocenters. The van der Waals surface area contributed by atoms with Crippen LogP contribution in [0, 0.1) is 0 Å². The van der Waals surface area contributed by atoms with Crippen LogP contribution in [0.4, 0.5) is 5.69 Å². The summed E-state index contributed by atoms with van der Waals surface area (Å²) in [6, 6.07) is 8.80. The minimum absolute atomic E-state index is 0. The van der Waals surface area contributed by atoms with Gasteiger partial charge in [-0.25, -0.2) is 4.98 Å². The highest BCUT2D eigenvalue weighted by molar-refractivity contribution is 7.04. The number of carbonyl (C=O) groups excluding carboxylic acids is 1. The first-order chi connectivity index (χ1) is 17.5. The molecule has 1 amide bonds. The zero-order chi connectivity index (χ0) is 25.7. The van der Waals surface area contributed by atoms with Gasteiger partial charge in [-0.15, -0.1) is 0 Å². The van der Waals surface area contributed by atoms with Crippen LogP contribution in [0.5, 0.6) is 23.0 Å². The lowest BCUT2D eigenvalue weighted by molar-refractivity contribution is -0.402. The lowest BCUT2D eigenvalue weighted by Crippen LogP contribution is -3.00. The molecule has 2 aromatic heterocycles. The number of H-pyrrole nitrogens is 1. The Hall–Kier alpha value is -3.80. The number of benzene rings is 2. The van der Waals surface area contributed by atoms with E-state index in [1.807, 2.05) is 35.7 Å². The van der Waals surface area contributed by atoms with Crippen molar-refractivity contribution >= 4 is 23.1 Å². The molecule has 0 unspecified atom stereocenters. The van der Waals surface area contributed by atoms with Crippen LogP contribution in [0.1, 0.15) is 5.69 Å². The summed E-state index contributed by atoms with van der Waals surface area (Å²) in [4.78, 5) is 19.9. The highest BCUT2D eigenvalue weighted by Crippen LogP contribution is 2.44. The van der Waals surface area contributed by atoms with E-state index in [2.05, 4.69) is 25.4 Å². The fourth-order valence-corrected chi connectivity index (χ4v) is 4.54. The Morgan fingerprint density at radius 3 is 2.32 bits per heavy atom. The normalized spacial score (nSPS) is 11.3. The third-order valence-corrected chi connectivity index (χ3v) is 6.30. The van der Waals surface area contributed by atoms with Gasteiger partial charge in [0.25, 0.3) is 5.91 Å². The third-order valence-electron chi connectivity index (χ3n) is 5.67. The number of nitrogens with one attached hydrogen (secondary N) is 2. The van der Waals surface area contributed by atoms with Crippen LogP contribution in [0.25, 0.3) is 22.4 Å². The highest BCUT2D eigenvalue weighted by atomic mass is 35.5. The fourth-order valence-electron chi connectivity index (χ4n) is 3.83. The molecular formula is C25H28ClN5O5S. The summed E-state index contributed by atoms with van der Waals surface area (Å²) >= 11 is 1.33. The lowest BCUT2D eigenvalue weighted by atomic mass is 10.0. The Bertz CT molecular complexity index is 1320. The van der Waals surface area contributed by atoms with Crippen LogP contribution in [0.15, 0.2) is 48.2 Å². The van der Waals surface area contributed by atoms with E-state index in [9.17, 15) is 4.79 Å². The van der Waals surface area contributed by atoms with Crippen molar-refractivity contribution in [2.24, 2.45) is 0 Å². The summed E-state index contributed by atoms with van der Waals surface area (Å²) in [6.07, 6.45) is 3.70. The second kappa shape index (κ2) is 12.4. The van der Waals surface area contributed by atoms with Crippen LogP contribution in [0.2, 0.25) is 0 Å². The highest BCUT2D eigenvalue weighted by Gasteiger charge is 2.22. The number of aromatic nitrogens is 3. The topological polar surface area (TPSA) is 135 Å². The summed E-state index contributed by atoms with van der Waals surface area (Å²) in [5, 5.41) is 4.91. The number of quaternary nitrogens is 1. The maximum Gasteiger partial charge on any atom is 0.283 e. The minimum Gasteiger partial charge on any atom is -1.00 e. The van der Waals surface area contributed by atoms with Crippen molar-refractivity contribution in [2.45, 2.75) is 12.5 Å². The molecule has 12 heteroatoms. The monoisotopic (exact) mass is 545 g/mol. The minimum atomic E-state index is -0.517. The van der Waals surface area contributed by atoms with Gasteiger partial charge in [0.2, 0.25) is 5.75 Å². The molecule has 4 rings (SSSR count). The summed E-state index contributed by atoms with van der Waals surface area (Å²) < 4.78 is 26.6. The van der Waals surface area contributed by atoms with Gasteiger partial charge in [0.1, 0.15) is 5.75 Å². The van der Waals surface area contributed by atoms with Gasteiger partial charge in [-0.3, -0.25) is 4.79 Å². The van der Waals surface area contributed by atoms with Crippen molar-refractivity contribution in [1.82, 2.24) is 14.3 Å². The number of hydrogen-bond acceptors (Lipinski definition) is 8. The number of amides is 1. The Kier molecular flexibility index (Phi) is 9.34. The number of aromatic amines is 1. The molecule has 0 spiro atoms. The average molecular weight is 546 g/mol. The van der Waals surface area contributed by atoms with Gasteiger partial charge >= 0.3 is 0 Å². The van der Waals surface area contributed by atoms with Crippen molar-refractivity contribution in [3.63, 3.8) is 0 Å². The standard InChI is InChI=1S/C25H27N5O5S.ClH/c1-32-20-6-5-14(7-19(20)29-25(31)18(26)10-16-11-27-13-28-16)17-12-36-30-23(17)15-8-21(33-2)24(35-4)22(9-15)34-3;/h5-9,11-13,18H,10,26H2,1-4H3,(H,27,28)(H,29,31);1H/t18-;/m1./s1. The van der Waals surface area contributed by atoms with E-state index in [4.69, 9.17) is 18.9 Å². The number of rotatable bonds is 10. The molecular weight excluding hydrogens is 518 g/mol. The fraction of sp³-hybridized carbons (Fsp3) is 0.240. The molecule has 0 saturated heterocycles. The van der Waals surface area contributed by atoms with Crippen molar-refractivity contribution in [1.29, 1.82) is 0 Å². The summed E-state index contributed by atoms with van der Waals surface area (Å²) in [5.74, 6) is 1.89. The van der Waals surface area contributed by atoms with E-state index in [1.165, 1.54) is 11.5 Å². The van der Waals surface area contributed by atoms with Gasteiger partial charge in [0.15, 0.2) is 17.5 Å². The first-order valence-corrected chi connectivity index (χ1v) is 11.9. The number of carbonyl (C=O) groups is 1. The zero-order valence-electron chi connectivity index (χ0n) is 20.8. The number of imidazole rings is 1. The average Bonchev–Trinajstić information content (AvgIpc) is 3.60. The number of nitrogens with zero attached hydrogens (tertiary/aromatic N) is 2. The Morgan fingerprint density at radius 1 is 1.03 bits per heavy atom. The van der Waals surface area contributed by atoms with E-state index < -0.39 is 6.04 Å². The molecule has 2 aromatic carbocycles. The Morgan fingerprint density at radius 2 is 1.73 bits per heavy atom. The lowest BCUT2D eigenvalue weighted by Gasteiger charge is -2.15. The molecule has 37 heavy (non-hydrogen) atoms. The molecule has 2 heterocycles. The predicted molar refractivity (Wildman–Crippen MR) is 137 cm³/mol. The molecule has 0 saturated carbocycles. The van der Waals surface area contributed by atoms with E-state index in [0.717, 1.165) is 28.1 Å². The maximum atomic E-state index is 12.9. The van der Waals surface area contributed by atoms with E-state index in [0.29, 0.717) is 35.1 Å². The van der Waals surface area contributed by atoms with Crippen LogP contribution >= 0.6 is 11.5 Å². The van der Waals surface area contributed by atoms with Crippen molar-refractivity contribution < 1.29 is 41.9 Å². The largest absolute Gasteiger partial charge is 1.00 e. The summed E-state index contributed by atoms with van der Waals surface area (Å²) in [5.41, 5.74) is 8.67. The second-order valence-corrected chi connectivity index (χ2v) is 8.50. The summed E-state index contributed by atoms with van der Waals surface area (Å²) in [6.45, 7) is 0. The van der Waals surface area contributed by atoms with Gasteiger partial charge in [-0.1, -0.05) is 6.07 Å². The quantitative estimate of drug-likeness (QED) is 0.256. The number of methoxy groups -OCH3 is 4. The molecule has 4 aromatic rings. The van der Waals surface area contributed by atoms with Gasteiger partial charge < -0.3 is 47.4 Å². The third kappa shape index (κ3) is 5.96. The molecule has 0 aliphatic rings. The Labute approximate surface area is 224 Å². The number of hydrogen-bond donors (Lipinski definition) is 3. The molecule has 0 aliphatic carbocycles. The van der Waals surface area contributed by atoms with Crippen molar-refractivity contribution in [3.05, 3.63) is 53.9 Å². The molecule has 10 nitrogen and oxygen atoms in total. The zero-order valence-corrected chi connectivity index (χ0v) is 22.4. The number of halogens is 1. The van der Waals surface area contributed by atoms with Crippen LogP contribution < -0.4 is 42.4 Å². The van der Waals surface area contributed by atoms with Gasteiger partial charge in [0.05, 0.1) is 52.6 Å². The SMILES string of the molecule is COc1ccc(-c2csnc2-c2cc(OC)c(OC)c(OC)c2)cc1NC(=O)[C@H]([NH3+])Cc1cnc[nH]1.[Cl-]. The van der Waals surface area contributed by atoms with E-state index in [1.54, 1.807) is 41.0 Å². The molecule has 0 aliphatic heterocycles. The van der Waals surface area contributed by atoms with Gasteiger partial charge in [-0.05, 0) is 41.4 Å². The smallest absolute Gasteiger partial charge is 0.283 e. The van der Waals surface area contributed by atoms with Crippen LogP contribution in [-0.2, 0) is 11.2 Å². The van der Waals surface area contributed by atoms with Crippen molar-refractivity contribution in [3.8, 4) is 45.4 Å². The molecule has 5 N–H and O–H groups in total. The first kappa shape index (κ1) is 27.8. The van der Waals surface area contributed by atoms with Crippen LogP contribution in [0.3, 0.4) is 0 Å². The molecule has 0 bridgehead atoms. The van der Waals surface area contributed by atoms with Gasteiger partial charge in [-0.2, -0.15) is 4.37 Å². The first-order valence-electron chi connectivity index (χ1n) is 11.0. The van der Waals surface area contributed by atoms with E-state index >= 15 is 0 Å². The molecule has 0 fully saturated rings. The van der Waals surface area contributed by atoms with Gasteiger partial charge in [0, 0.05) is 28.4 Å². The molecule has 0 radical (unpaired) electrons. The molecule has 196 valence electrons. The van der Waals surface area contributed by atoms with E-state index in [-0.39, 0.29) is 18.3 Å². The number of ether oxygens (including phenoxy) is 4. The van der Waals surface area contributed by atoms with Crippen molar-refractivity contribution in [2.75, 3.05) is 33.8 Å². The maximum absolute atomic E-state index is 12.9. The predicted octanol–water partition coefficient (Wildman–Crippen LogP) is 0.0303. The summed E-state index contributed by atoms with van der Waals surface area (Å²) in [7, 11) is 6.27. The number of anilines is 1. The van der Waals surface area contributed by atoms with Crippen LogP contribution in [-0.4, -0.2) is 54.7 Å².